The SMILES string of the molecule is Cc1nc([C@@H]2CCCN(C(=O)[C@@H]3Oc4ccccc4[C@H]3C)C2)no1. The van der Waals surface area contributed by atoms with E-state index in [1.54, 1.807) is 6.92 Å². The highest BCUT2D eigenvalue weighted by atomic mass is 16.5. The van der Waals surface area contributed by atoms with Gasteiger partial charge in [0.25, 0.3) is 5.91 Å². The molecule has 0 saturated carbocycles. The summed E-state index contributed by atoms with van der Waals surface area (Å²) in [6, 6.07) is 7.89. The van der Waals surface area contributed by atoms with Gasteiger partial charge in [0.05, 0.1) is 0 Å². The number of amides is 1. The van der Waals surface area contributed by atoms with Gasteiger partial charge >= 0.3 is 0 Å². The maximum absolute atomic E-state index is 13.0. The smallest absolute Gasteiger partial charge is 0.264 e. The van der Waals surface area contributed by atoms with E-state index in [0.29, 0.717) is 18.3 Å². The fourth-order valence-electron chi connectivity index (χ4n) is 3.68. The van der Waals surface area contributed by atoms with Crippen molar-refractivity contribution in [3.63, 3.8) is 0 Å². The highest BCUT2D eigenvalue weighted by Gasteiger charge is 2.40. The number of carbonyl (C=O) groups is 1. The topological polar surface area (TPSA) is 68.5 Å². The van der Waals surface area contributed by atoms with Crippen molar-refractivity contribution in [1.29, 1.82) is 0 Å². The summed E-state index contributed by atoms with van der Waals surface area (Å²) in [6.07, 6.45) is 1.48. The average Bonchev–Trinajstić information content (AvgIpc) is 3.19. The van der Waals surface area contributed by atoms with E-state index in [9.17, 15) is 4.79 Å². The number of rotatable bonds is 2. The molecule has 1 fully saturated rings. The standard InChI is InChI=1S/C18H21N3O3/c1-11-14-7-3-4-8-15(14)23-16(11)18(22)21-9-5-6-13(10-21)17-19-12(2)24-20-17/h3-4,7-8,11,13,16H,5-6,9-10H2,1-2H3/t11-,13-,16-/m1/s1. The number of ether oxygens (including phenoxy) is 1. The Balaban J connectivity index is 1.49. The van der Waals surface area contributed by atoms with Crippen molar-refractivity contribution in [3.8, 4) is 5.75 Å². The molecule has 1 aromatic heterocycles. The van der Waals surface area contributed by atoms with Crippen LogP contribution >= 0.6 is 0 Å². The van der Waals surface area contributed by atoms with E-state index in [4.69, 9.17) is 9.26 Å². The Morgan fingerprint density at radius 3 is 2.92 bits per heavy atom. The van der Waals surface area contributed by atoms with Crippen molar-refractivity contribution in [2.45, 2.75) is 44.6 Å². The third-order valence-electron chi connectivity index (χ3n) is 5.00. The molecule has 2 aliphatic rings. The molecule has 4 rings (SSSR count). The van der Waals surface area contributed by atoms with Crippen LogP contribution in [-0.2, 0) is 4.79 Å². The first kappa shape index (κ1) is 15.2. The molecule has 0 bridgehead atoms. The van der Waals surface area contributed by atoms with Crippen LogP contribution in [0.15, 0.2) is 28.8 Å². The molecule has 3 heterocycles. The molecular formula is C18H21N3O3. The minimum Gasteiger partial charge on any atom is -0.480 e. The first-order valence-corrected chi connectivity index (χ1v) is 8.48. The molecule has 6 nitrogen and oxygen atoms in total. The third-order valence-corrected chi connectivity index (χ3v) is 5.00. The van der Waals surface area contributed by atoms with Gasteiger partial charge in [0.1, 0.15) is 5.75 Å². The number of hydrogen-bond acceptors (Lipinski definition) is 5. The molecule has 24 heavy (non-hydrogen) atoms. The maximum Gasteiger partial charge on any atom is 0.264 e. The highest BCUT2D eigenvalue weighted by molar-refractivity contribution is 5.83. The summed E-state index contributed by atoms with van der Waals surface area (Å²) < 4.78 is 11.0. The number of hydrogen-bond donors (Lipinski definition) is 0. The molecule has 126 valence electrons. The molecular weight excluding hydrogens is 306 g/mol. The van der Waals surface area contributed by atoms with E-state index >= 15 is 0 Å². The molecule has 1 saturated heterocycles. The van der Waals surface area contributed by atoms with E-state index in [1.165, 1.54) is 0 Å². The summed E-state index contributed by atoms with van der Waals surface area (Å²) in [7, 11) is 0. The molecule has 0 unspecified atom stereocenters. The van der Waals surface area contributed by atoms with Gasteiger partial charge in [-0.15, -0.1) is 0 Å². The van der Waals surface area contributed by atoms with Crippen molar-refractivity contribution in [3.05, 3.63) is 41.5 Å². The van der Waals surface area contributed by atoms with Gasteiger partial charge in [0.2, 0.25) is 5.89 Å². The van der Waals surface area contributed by atoms with Crippen molar-refractivity contribution in [2.75, 3.05) is 13.1 Å². The largest absolute Gasteiger partial charge is 0.480 e. The number of nitrogens with zero attached hydrogens (tertiary/aromatic N) is 3. The Hall–Kier alpha value is -2.37. The zero-order valence-electron chi connectivity index (χ0n) is 13.9. The number of carbonyl (C=O) groups excluding carboxylic acids is 1. The van der Waals surface area contributed by atoms with E-state index in [-0.39, 0.29) is 17.7 Å². The Kier molecular flexibility index (Phi) is 3.75. The predicted molar refractivity (Wildman–Crippen MR) is 86.9 cm³/mol. The summed E-state index contributed by atoms with van der Waals surface area (Å²) in [5, 5.41) is 4.02. The second-order valence-corrected chi connectivity index (χ2v) is 6.66. The van der Waals surface area contributed by atoms with E-state index in [0.717, 1.165) is 30.7 Å². The monoisotopic (exact) mass is 327 g/mol. The van der Waals surface area contributed by atoms with Crippen LogP contribution in [0.1, 0.15) is 48.9 Å². The molecule has 6 heteroatoms. The molecule has 2 aromatic rings. The Morgan fingerprint density at radius 2 is 2.17 bits per heavy atom. The minimum absolute atomic E-state index is 0.0589. The number of piperidine rings is 1. The van der Waals surface area contributed by atoms with E-state index < -0.39 is 6.10 Å². The molecule has 0 radical (unpaired) electrons. The molecule has 3 atom stereocenters. The van der Waals surface area contributed by atoms with Gasteiger partial charge < -0.3 is 14.2 Å². The molecule has 2 aliphatic heterocycles. The lowest BCUT2D eigenvalue weighted by Gasteiger charge is -2.33. The lowest BCUT2D eigenvalue weighted by Crippen LogP contribution is -2.46. The lowest BCUT2D eigenvalue weighted by atomic mass is 9.94. The number of likely N-dealkylation sites (tertiary alicyclic amines) is 1. The van der Waals surface area contributed by atoms with Crippen LogP contribution in [0.3, 0.4) is 0 Å². The number of aryl methyl sites for hydroxylation is 1. The van der Waals surface area contributed by atoms with Gasteiger partial charge in [0.15, 0.2) is 11.9 Å². The van der Waals surface area contributed by atoms with Gasteiger partial charge in [-0.1, -0.05) is 30.3 Å². The highest BCUT2D eigenvalue weighted by Crippen LogP contribution is 2.39. The molecule has 1 amide bonds. The molecule has 0 spiro atoms. The average molecular weight is 327 g/mol. The van der Waals surface area contributed by atoms with Crippen molar-refractivity contribution in [1.82, 2.24) is 15.0 Å². The van der Waals surface area contributed by atoms with Crippen LogP contribution in [0.4, 0.5) is 0 Å². The van der Waals surface area contributed by atoms with Gasteiger partial charge in [-0.2, -0.15) is 4.98 Å². The summed E-state index contributed by atoms with van der Waals surface area (Å²) in [5.74, 6) is 2.36. The van der Waals surface area contributed by atoms with Crippen LogP contribution in [0.2, 0.25) is 0 Å². The fraction of sp³-hybridized carbons (Fsp3) is 0.500. The Labute approximate surface area is 140 Å². The summed E-state index contributed by atoms with van der Waals surface area (Å²) in [4.78, 5) is 19.2. The quantitative estimate of drug-likeness (QED) is 0.848. The summed E-state index contributed by atoms with van der Waals surface area (Å²) in [6.45, 7) is 5.22. The van der Waals surface area contributed by atoms with E-state index in [2.05, 4.69) is 17.1 Å². The minimum atomic E-state index is -0.437. The number of fused-ring (bicyclic) bond motifs is 1. The predicted octanol–water partition coefficient (Wildman–Crippen LogP) is 2.65. The lowest BCUT2D eigenvalue weighted by molar-refractivity contribution is -0.140. The van der Waals surface area contributed by atoms with Crippen LogP contribution in [0, 0.1) is 6.92 Å². The van der Waals surface area contributed by atoms with Crippen molar-refractivity contribution >= 4 is 5.91 Å². The summed E-state index contributed by atoms with van der Waals surface area (Å²) >= 11 is 0. The van der Waals surface area contributed by atoms with Gasteiger partial charge in [-0.25, -0.2) is 0 Å². The second-order valence-electron chi connectivity index (χ2n) is 6.66. The number of benzene rings is 1. The summed E-state index contributed by atoms with van der Waals surface area (Å²) in [5.41, 5.74) is 1.11. The second kappa shape index (κ2) is 5.92. The van der Waals surface area contributed by atoms with Crippen LogP contribution in [0.25, 0.3) is 0 Å². The van der Waals surface area contributed by atoms with Crippen LogP contribution in [0.5, 0.6) is 5.75 Å². The van der Waals surface area contributed by atoms with E-state index in [1.807, 2.05) is 29.2 Å². The first-order chi connectivity index (χ1) is 11.6. The van der Waals surface area contributed by atoms with Gasteiger partial charge in [0, 0.05) is 37.4 Å². The van der Waals surface area contributed by atoms with Gasteiger partial charge in [-0.05, 0) is 18.9 Å². The number of para-hydroxylation sites is 1. The molecule has 1 aromatic carbocycles. The maximum atomic E-state index is 13.0. The van der Waals surface area contributed by atoms with Crippen molar-refractivity contribution < 1.29 is 14.1 Å². The molecule has 0 N–H and O–H groups in total. The van der Waals surface area contributed by atoms with Crippen LogP contribution < -0.4 is 4.74 Å². The Bertz CT molecular complexity index is 757. The van der Waals surface area contributed by atoms with Crippen LogP contribution in [-0.4, -0.2) is 40.1 Å². The Morgan fingerprint density at radius 1 is 1.33 bits per heavy atom. The number of aromatic nitrogens is 2. The van der Waals surface area contributed by atoms with Crippen molar-refractivity contribution in [2.24, 2.45) is 0 Å². The first-order valence-electron chi connectivity index (χ1n) is 8.48. The molecule has 0 aliphatic carbocycles. The van der Waals surface area contributed by atoms with Gasteiger partial charge in [-0.3, -0.25) is 4.79 Å². The zero-order valence-corrected chi connectivity index (χ0v) is 13.9. The third kappa shape index (κ3) is 2.56. The normalized spacial score (nSPS) is 26.1. The zero-order chi connectivity index (χ0) is 16.7. The fourth-order valence-corrected chi connectivity index (χ4v) is 3.68.